The van der Waals surface area contributed by atoms with Gasteiger partial charge in [-0.15, -0.1) is 0 Å². The average molecular weight is 612 g/mol. The molecular weight excluding hydrogens is 584 g/mol. The molecule has 1 saturated heterocycles. The molecule has 0 aliphatic carbocycles. The van der Waals surface area contributed by atoms with E-state index < -0.39 is 23.5 Å². The molecule has 0 bridgehead atoms. The number of benzene rings is 2. The fourth-order valence-corrected chi connectivity index (χ4v) is 5.41. The van der Waals surface area contributed by atoms with Crippen molar-refractivity contribution in [2.45, 2.75) is 37.7 Å². The molecule has 1 N–H and O–H groups in total. The quantitative estimate of drug-likeness (QED) is 0.200. The molecular formula is C31H27F6N7. The minimum absolute atomic E-state index is 0.0329. The van der Waals surface area contributed by atoms with Crippen LogP contribution in [0.25, 0.3) is 22.2 Å². The van der Waals surface area contributed by atoms with Crippen LogP contribution in [0.1, 0.15) is 41.5 Å². The van der Waals surface area contributed by atoms with E-state index >= 15 is 0 Å². The molecule has 7 nitrogen and oxygen atoms in total. The van der Waals surface area contributed by atoms with Crippen LogP contribution in [0.15, 0.2) is 73.2 Å². The maximum Gasteiger partial charge on any atom is 0.418 e. The summed E-state index contributed by atoms with van der Waals surface area (Å²) in [6.45, 7) is 2.23. The summed E-state index contributed by atoms with van der Waals surface area (Å²) in [4.78, 5) is 20.3. The Morgan fingerprint density at radius 3 is 2.27 bits per heavy atom. The van der Waals surface area contributed by atoms with Gasteiger partial charge in [-0.25, -0.2) is 15.0 Å². The summed E-state index contributed by atoms with van der Waals surface area (Å²) in [5, 5.41) is 3.62. The zero-order valence-corrected chi connectivity index (χ0v) is 23.5. The normalized spacial score (nSPS) is 15.2. The fourth-order valence-electron chi connectivity index (χ4n) is 5.41. The number of nitrogens with zero attached hydrogens (tertiary/aromatic N) is 6. The fraction of sp³-hybridized carbons (Fsp3) is 0.290. The highest BCUT2D eigenvalue weighted by Gasteiger charge is 2.34. The highest BCUT2D eigenvalue weighted by Crippen LogP contribution is 2.38. The third-order valence-electron chi connectivity index (χ3n) is 7.81. The number of aryl methyl sites for hydroxylation is 1. The van der Waals surface area contributed by atoms with Gasteiger partial charge >= 0.3 is 12.4 Å². The summed E-state index contributed by atoms with van der Waals surface area (Å²) >= 11 is 0. The first-order valence-corrected chi connectivity index (χ1v) is 13.9. The Labute approximate surface area is 248 Å². The summed E-state index contributed by atoms with van der Waals surface area (Å²) in [6.07, 6.45) is -2.64. The SMILES string of the molecule is Cn1ccnc1CN1CCC(c2nc(Nc3ccc(C(F)(F)F)cc3)c3ccc(-c4ncccc4C(F)(F)F)cc3n2)CC1. The van der Waals surface area contributed by atoms with Gasteiger partial charge in [0.15, 0.2) is 0 Å². The second kappa shape index (κ2) is 11.5. The number of fused-ring (bicyclic) bond motifs is 1. The minimum Gasteiger partial charge on any atom is -0.340 e. The molecule has 13 heteroatoms. The number of aromatic nitrogens is 5. The van der Waals surface area contributed by atoms with E-state index in [4.69, 9.17) is 9.97 Å². The molecule has 1 fully saturated rings. The number of hydrogen-bond acceptors (Lipinski definition) is 6. The molecule has 0 radical (unpaired) electrons. The third kappa shape index (κ3) is 6.23. The molecule has 3 aromatic heterocycles. The maximum atomic E-state index is 13.8. The van der Waals surface area contributed by atoms with Gasteiger partial charge in [0.2, 0.25) is 0 Å². The van der Waals surface area contributed by atoms with Crippen LogP contribution in [0.5, 0.6) is 0 Å². The highest BCUT2D eigenvalue weighted by molar-refractivity contribution is 5.93. The zero-order chi connectivity index (χ0) is 31.1. The van der Waals surface area contributed by atoms with Crippen molar-refractivity contribution in [1.29, 1.82) is 0 Å². The van der Waals surface area contributed by atoms with E-state index in [-0.39, 0.29) is 17.2 Å². The third-order valence-corrected chi connectivity index (χ3v) is 7.81. The molecule has 2 aromatic carbocycles. The van der Waals surface area contributed by atoms with Crippen molar-refractivity contribution in [1.82, 2.24) is 29.4 Å². The number of pyridine rings is 1. The van der Waals surface area contributed by atoms with Gasteiger partial charge in [-0.2, -0.15) is 26.3 Å². The van der Waals surface area contributed by atoms with Gasteiger partial charge < -0.3 is 9.88 Å². The van der Waals surface area contributed by atoms with Crippen molar-refractivity contribution in [2.24, 2.45) is 7.05 Å². The number of imidazole rings is 1. The van der Waals surface area contributed by atoms with E-state index in [0.717, 1.165) is 50.0 Å². The van der Waals surface area contributed by atoms with Gasteiger partial charge in [0, 0.05) is 48.2 Å². The molecule has 1 aliphatic heterocycles. The Hall–Kier alpha value is -4.52. The van der Waals surface area contributed by atoms with Gasteiger partial charge in [-0.3, -0.25) is 9.88 Å². The Morgan fingerprint density at radius 1 is 0.864 bits per heavy atom. The number of nitrogens with one attached hydrogen (secondary N) is 1. The summed E-state index contributed by atoms with van der Waals surface area (Å²) < 4.78 is 82.7. The summed E-state index contributed by atoms with van der Waals surface area (Å²) in [5.41, 5.74) is -0.855. The van der Waals surface area contributed by atoms with Crippen LogP contribution in [0.2, 0.25) is 0 Å². The predicted octanol–water partition coefficient (Wildman–Crippen LogP) is 7.59. The van der Waals surface area contributed by atoms with Crippen LogP contribution >= 0.6 is 0 Å². The van der Waals surface area contributed by atoms with Crippen molar-refractivity contribution in [2.75, 3.05) is 18.4 Å². The van der Waals surface area contributed by atoms with Gasteiger partial charge in [0.1, 0.15) is 17.5 Å². The molecule has 6 rings (SSSR count). The van der Waals surface area contributed by atoms with E-state index in [1.165, 1.54) is 30.5 Å². The average Bonchev–Trinajstić information content (AvgIpc) is 3.40. The largest absolute Gasteiger partial charge is 0.418 e. The van der Waals surface area contributed by atoms with Gasteiger partial charge in [0.05, 0.1) is 28.9 Å². The molecule has 1 aliphatic rings. The first-order chi connectivity index (χ1) is 21.0. The van der Waals surface area contributed by atoms with Crippen molar-refractivity contribution in [3.8, 4) is 11.3 Å². The second-order valence-corrected chi connectivity index (χ2v) is 10.8. The van der Waals surface area contributed by atoms with E-state index in [0.29, 0.717) is 34.8 Å². The molecule has 4 heterocycles. The van der Waals surface area contributed by atoms with Crippen LogP contribution in [0, 0.1) is 0 Å². The van der Waals surface area contributed by atoms with E-state index in [9.17, 15) is 26.3 Å². The lowest BCUT2D eigenvalue weighted by molar-refractivity contribution is -0.138. The molecule has 5 aromatic rings. The standard InChI is InChI=1S/C31H27F6N7/c1-43-16-13-38-26(43)18-44-14-10-19(11-15-44)28-41-25-17-20(27-24(31(35,36)37)3-2-12-39-27)4-9-23(25)29(42-28)40-22-7-5-21(6-8-22)30(32,33)34/h2-9,12-13,16-17,19H,10-11,14-15,18H2,1H3,(H,40,41,42). The Kier molecular flexibility index (Phi) is 7.74. The number of anilines is 2. The van der Waals surface area contributed by atoms with Gasteiger partial charge in [-0.05, 0) is 74.5 Å². The van der Waals surface area contributed by atoms with Crippen molar-refractivity contribution >= 4 is 22.4 Å². The molecule has 44 heavy (non-hydrogen) atoms. The molecule has 0 unspecified atom stereocenters. The molecule has 0 atom stereocenters. The summed E-state index contributed by atoms with van der Waals surface area (Å²) in [5.74, 6) is 1.78. The van der Waals surface area contributed by atoms with E-state index in [1.54, 1.807) is 18.3 Å². The number of halogens is 6. The Morgan fingerprint density at radius 2 is 1.61 bits per heavy atom. The first kappa shape index (κ1) is 29.5. The molecule has 0 spiro atoms. The lowest BCUT2D eigenvalue weighted by atomic mass is 9.95. The predicted molar refractivity (Wildman–Crippen MR) is 153 cm³/mol. The summed E-state index contributed by atoms with van der Waals surface area (Å²) in [7, 11) is 1.94. The monoisotopic (exact) mass is 611 g/mol. The number of alkyl halides is 6. The number of piperidine rings is 1. The van der Waals surface area contributed by atoms with E-state index in [1.807, 2.05) is 17.8 Å². The molecule has 0 saturated carbocycles. The van der Waals surface area contributed by atoms with Gasteiger partial charge in [0.25, 0.3) is 0 Å². The lowest BCUT2D eigenvalue weighted by Crippen LogP contribution is -2.33. The smallest absolute Gasteiger partial charge is 0.340 e. The van der Waals surface area contributed by atoms with Crippen LogP contribution in [-0.2, 0) is 25.9 Å². The number of hydrogen-bond donors (Lipinski definition) is 1. The van der Waals surface area contributed by atoms with Crippen molar-refractivity contribution in [3.05, 3.63) is 96.0 Å². The molecule has 0 amide bonds. The van der Waals surface area contributed by atoms with Crippen LogP contribution in [-0.4, -0.2) is 42.5 Å². The van der Waals surface area contributed by atoms with Crippen LogP contribution in [0.3, 0.4) is 0 Å². The minimum atomic E-state index is -4.60. The highest BCUT2D eigenvalue weighted by atomic mass is 19.4. The van der Waals surface area contributed by atoms with E-state index in [2.05, 4.69) is 20.2 Å². The topological polar surface area (TPSA) is 71.8 Å². The number of rotatable bonds is 6. The molecule has 228 valence electrons. The second-order valence-electron chi connectivity index (χ2n) is 10.8. The van der Waals surface area contributed by atoms with Crippen molar-refractivity contribution in [3.63, 3.8) is 0 Å². The lowest BCUT2D eigenvalue weighted by Gasteiger charge is -2.31. The Bertz CT molecular complexity index is 1770. The number of likely N-dealkylation sites (tertiary alicyclic amines) is 1. The van der Waals surface area contributed by atoms with Crippen molar-refractivity contribution < 1.29 is 26.3 Å². The van der Waals surface area contributed by atoms with Gasteiger partial charge in [-0.1, -0.05) is 6.07 Å². The van der Waals surface area contributed by atoms with Crippen LogP contribution in [0.4, 0.5) is 37.8 Å². The summed E-state index contributed by atoms with van der Waals surface area (Å²) in [6, 6.07) is 11.4. The zero-order valence-electron chi connectivity index (χ0n) is 23.5. The first-order valence-electron chi connectivity index (χ1n) is 13.9. The maximum absolute atomic E-state index is 13.8. The van der Waals surface area contributed by atoms with Crippen LogP contribution < -0.4 is 5.32 Å². The Balaban J connectivity index is 1.35.